The highest BCUT2D eigenvalue weighted by molar-refractivity contribution is 8.00. The molecule has 1 atom stereocenters. The summed E-state index contributed by atoms with van der Waals surface area (Å²) >= 11 is 1.38. The number of aromatic amines is 1. The number of aryl methyl sites for hydroxylation is 1. The van der Waals surface area contributed by atoms with Gasteiger partial charge < -0.3 is 9.64 Å². The predicted molar refractivity (Wildman–Crippen MR) is 109 cm³/mol. The van der Waals surface area contributed by atoms with Crippen LogP contribution < -0.4 is 0 Å². The lowest BCUT2D eigenvalue weighted by Gasteiger charge is -2.30. The van der Waals surface area contributed by atoms with Crippen molar-refractivity contribution >= 4 is 17.7 Å². The fourth-order valence-corrected chi connectivity index (χ4v) is 4.08. The number of morpholine rings is 1. The summed E-state index contributed by atoms with van der Waals surface area (Å²) < 4.78 is 5.38. The van der Waals surface area contributed by atoms with Crippen molar-refractivity contribution in [3.05, 3.63) is 65.7 Å². The predicted octanol–water partition coefficient (Wildman–Crippen LogP) is 3.47. The molecule has 1 fully saturated rings. The number of rotatable bonds is 5. The van der Waals surface area contributed by atoms with Crippen LogP contribution in [0, 0.1) is 6.92 Å². The number of carbonyl (C=O) groups is 1. The van der Waals surface area contributed by atoms with E-state index < -0.39 is 0 Å². The molecular weight excluding hydrogens is 372 g/mol. The number of thioether (sulfide) groups is 1. The van der Waals surface area contributed by atoms with E-state index in [4.69, 9.17) is 4.74 Å². The van der Waals surface area contributed by atoms with Crippen LogP contribution in [0.25, 0.3) is 11.4 Å². The Labute approximate surface area is 168 Å². The Bertz CT molecular complexity index is 921. The van der Waals surface area contributed by atoms with Gasteiger partial charge in [0.1, 0.15) is 5.25 Å². The van der Waals surface area contributed by atoms with Gasteiger partial charge in [-0.05, 0) is 12.5 Å². The fourth-order valence-electron chi connectivity index (χ4n) is 3.08. The van der Waals surface area contributed by atoms with Crippen molar-refractivity contribution in [2.45, 2.75) is 17.3 Å². The summed E-state index contributed by atoms with van der Waals surface area (Å²) in [5.41, 5.74) is 3.12. The van der Waals surface area contributed by atoms with Crippen LogP contribution in [-0.2, 0) is 9.53 Å². The lowest BCUT2D eigenvalue weighted by Crippen LogP contribution is -2.42. The van der Waals surface area contributed by atoms with Crippen molar-refractivity contribution in [2.24, 2.45) is 0 Å². The smallest absolute Gasteiger partial charge is 0.240 e. The molecule has 144 valence electrons. The number of ether oxygens (including phenoxy) is 1. The van der Waals surface area contributed by atoms with Crippen molar-refractivity contribution in [2.75, 3.05) is 26.3 Å². The van der Waals surface area contributed by atoms with Crippen molar-refractivity contribution in [1.82, 2.24) is 20.1 Å². The number of nitrogens with zero attached hydrogens (tertiary/aromatic N) is 3. The summed E-state index contributed by atoms with van der Waals surface area (Å²) in [4.78, 5) is 19.7. The van der Waals surface area contributed by atoms with E-state index in [0.717, 1.165) is 11.1 Å². The molecule has 4 rings (SSSR count). The minimum atomic E-state index is -0.388. The molecule has 2 heterocycles. The second kappa shape index (κ2) is 8.58. The number of hydrogen-bond acceptors (Lipinski definition) is 5. The quantitative estimate of drug-likeness (QED) is 0.671. The maximum atomic E-state index is 13.2. The topological polar surface area (TPSA) is 71.1 Å². The van der Waals surface area contributed by atoms with Gasteiger partial charge in [-0.15, -0.1) is 5.10 Å². The number of amides is 1. The van der Waals surface area contributed by atoms with Crippen molar-refractivity contribution in [3.63, 3.8) is 0 Å². The normalized spacial score (nSPS) is 15.4. The second-order valence-electron chi connectivity index (χ2n) is 6.68. The van der Waals surface area contributed by atoms with Gasteiger partial charge in [-0.1, -0.05) is 71.9 Å². The van der Waals surface area contributed by atoms with Gasteiger partial charge in [-0.2, -0.15) is 0 Å². The van der Waals surface area contributed by atoms with Gasteiger partial charge in [0.2, 0.25) is 11.1 Å². The fraction of sp³-hybridized carbons (Fsp3) is 0.286. The Morgan fingerprint density at radius 3 is 2.54 bits per heavy atom. The van der Waals surface area contributed by atoms with Gasteiger partial charge >= 0.3 is 0 Å². The van der Waals surface area contributed by atoms with Gasteiger partial charge in [0.25, 0.3) is 0 Å². The van der Waals surface area contributed by atoms with Crippen molar-refractivity contribution in [1.29, 1.82) is 0 Å². The molecule has 1 amide bonds. The Hall–Kier alpha value is -2.64. The monoisotopic (exact) mass is 394 g/mol. The number of aromatic nitrogens is 3. The van der Waals surface area contributed by atoms with E-state index in [9.17, 15) is 4.79 Å². The zero-order chi connectivity index (χ0) is 19.3. The molecule has 3 aromatic rings. The Morgan fingerprint density at radius 1 is 1.11 bits per heavy atom. The standard InChI is InChI=1S/C21H22N4O2S/c1-15-7-9-17(10-8-15)19-22-21(24-23-19)28-18(16-5-3-2-4-6-16)20(26)25-11-13-27-14-12-25/h2-10,18H,11-14H2,1H3,(H,22,23,24)/t18-/m0/s1. The number of benzene rings is 2. The van der Waals surface area contributed by atoms with Crippen molar-refractivity contribution in [3.8, 4) is 11.4 Å². The van der Waals surface area contributed by atoms with Crippen LogP contribution in [0.15, 0.2) is 59.8 Å². The highest BCUT2D eigenvalue weighted by Crippen LogP contribution is 2.35. The molecule has 2 aromatic carbocycles. The molecule has 0 unspecified atom stereocenters. The summed E-state index contributed by atoms with van der Waals surface area (Å²) in [6.45, 7) is 4.44. The largest absolute Gasteiger partial charge is 0.378 e. The Kier molecular flexibility index (Phi) is 5.73. The molecule has 7 heteroatoms. The first kappa shape index (κ1) is 18.7. The first-order valence-corrected chi connectivity index (χ1v) is 10.2. The molecule has 6 nitrogen and oxygen atoms in total. The summed E-state index contributed by atoms with van der Waals surface area (Å²) in [6, 6.07) is 17.9. The lowest BCUT2D eigenvalue weighted by atomic mass is 10.1. The maximum absolute atomic E-state index is 13.2. The molecule has 0 spiro atoms. The Balaban J connectivity index is 1.57. The molecule has 1 aromatic heterocycles. The van der Waals surface area contributed by atoms with E-state index in [2.05, 4.69) is 15.2 Å². The summed E-state index contributed by atoms with van der Waals surface area (Å²) in [5, 5.41) is 7.50. The maximum Gasteiger partial charge on any atom is 0.240 e. The van der Waals surface area contributed by atoms with Crippen LogP contribution in [0.3, 0.4) is 0 Å². The molecule has 0 saturated carbocycles. The summed E-state index contributed by atoms with van der Waals surface area (Å²) in [7, 11) is 0. The average Bonchev–Trinajstić information content (AvgIpc) is 3.22. The van der Waals surface area contributed by atoms with E-state index in [1.54, 1.807) is 0 Å². The third-order valence-corrected chi connectivity index (χ3v) is 5.77. The second-order valence-corrected chi connectivity index (χ2v) is 7.75. The molecule has 1 N–H and O–H groups in total. The van der Waals surface area contributed by atoms with E-state index in [-0.39, 0.29) is 11.2 Å². The minimum absolute atomic E-state index is 0.0705. The van der Waals surface area contributed by atoms with Gasteiger partial charge in [0.05, 0.1) is 13.2 Å². The number of carbonyl (C=O) groups excluding carboxylic acids is 1. The van der Waals surface area contributed by atoms with Gasteiger partial charge in [-0.25, -0.2) is 4.98 Å². The minimum Gasteiger partial charge on any atom is -0.378 e. The first-order chi connectivity index (χ1) is 13.7. The highest BCUT2D eigenvalue weighted by Gasteiger charge is 2.29. The van der Waals surface area contributed by atoms with Crippen molar-refractivity contribution < 1.29 is 9.53 Å². The number of H-pyrrole nitrogens is 1. The zero-order valence-electron chi connectivity index (χ0n) is 15.7. The van der Waals surface area contributed by atoms with E-state index in [1.165, 1.54) is 17.3 Å². The van der Waals surface area contributed by atoms with Crippen LogP contribution in [0.4, 0.5) is 0 Å². The lowest BCUT2D eigenvalue weighted by molar-refractivity contribution is -0.134. The van der Waals surface area contributed by atoms with Gasteiger partial charge in [0, 0.05) is 18.7 Å². The molecule has 1 aliphatic heterocycles. The molecule has 1 saturated heterocycles. The first-order valence-electron chi connectivity index (χ1n) is 9.28. The highest BCUT2D eigenvalue weighted by atomic mass is 32.2. The molecule has 28 heavy (non-hydrogen) atoms. The van der Waals surface area contributed by atoms with Crippen LogP contribution in [0.5, 0.6) is 0 Å². The SMILES string of the molecule is Cc1ccc(-c2nc(S[C@H](C(=O)N3CCOCC3)c3ccccc3)n[nH]2)cc1. The van der Waals surface area contributed by atoms with E-state index >= 15 is 0 Å². The number of nitrogens with one attached hydrogen (secondary N) is 1. The van der Waals surface area contributed by atoms with Gasteiger partial charge in [-0.3, -0.25) is 9.89 Å². The summed E-state index contributed by atoms with van der Waals surface area (Å²) in [6.07, 6.45) is 0. The molecular formula is C21H22N4O2S. The van der Waals surface area contributed by atoms with Crippen LogP contribution >= 0.6 is 11.8 Å². The number of hydrogen-bond donors (Lipinski definition) is 1. The Morgan fingerprint density at radius 2 is 1.82 bits per heavy atom. The molecule has 1 aliphatic rings. The van der Waals surface area contributed by atoms with Crippen LogP contribution in [0.2, 0.25) is 0 Å². The molecule has 0 bridgehead atoms. The van der Waals surface area contributed by atoms with Crippen LogP contribution in [0.1, 0.15) is 16.4 Å². The van der Waals surface area contributed by atoms with E-state index in [0.29, 0.717) is 37.3 Å². The molecule has 0 aliphatic carbocycles. The third-order valence-electron chi connectivity index (χ3n) is 4.66. The zero-order valence-corrected chi connectivity index (χ0v) is 16.5. The van der Waals surface area contributed by atoms with Crippen LogP contribution in [-0.4, -0.2) is 52.3 Å². The van der Waals surface area contributed by atoms with Gasteiger partial charge in [0.15, 0.2) is 5.82 Å². The van der Waals surface area contributed by atoms with E-state index in [1.807, 2.05) is 66.4 Å². The average molecular weight is 395 g/mol. The summed E-state index contributed by atoms with van der Waals surface area (Å²) in [5.74, 6) is 0.773. The third kappa shape index (κ3) is 4.26. The molecule has 0 radical (unpaired) electrons.